The molecule has 0 aliphatic rings. The molecule has 98 valence electrons. The molecule has 6 heteroatoms. The molecule has 2 aromatic heterocycles. The first-order chi connectivity index (χ1) is 8.79. The highest BCUT2D eigenvalue weighted by Gasteiger charge is 2.06. The Morgan fingerprint density at radius 3 is 3.11 bits per heavy atom. The van der Waals surface area contributed by atoms with Gasteiger partial charge >= 0.3 is 0 Å². The zero-order chi connectivity index (χ0) is 12.8. The Labute approximate surface area is 106 Å². The van der Waals surface area contributed by atoms with Crippen molar-refractivity contribution in [2.45, 2.75) is 19.9 Å². The lowest BCUT2D eigenvalue weighted by molar-refractivity contribution is 0.197. The van der Waals surface area contributed by atoms with E-state index >= 15 is 0 Å². The molecule has 2 rings (SSSR count). The van der Waals surface area contributed by atoms with Crippen LogP contribution in [0, 0.1) is 6.92 Å². The zero-order valence-electron chi connectivity index (χ0n) is 10.8. The molecule has 0 atom stereocenters. The fourth-order valence-electron chi connectivity index (χ4n) is 1.79. The summed E-state index contributed by atoms with van der Waals surface area (Å²) in [5.74, 6) is 0.893. The highest BCUT2D eigenvalue weighted by atomic mass is 16.5. The molecule has 0 saturated carbocycles. The highest BCUT2D eigenvalue weighted by molar-refractivity contribution is 5.29. The van der Waals surface area contributed by atoms with E-state index in [1.54, 1.807) is 7.11 Å². The number of H-pyrrole nitrogens is 1. The number of nitrogens with zero attached hydrogens (tertiary/aromatic N) is 3. The van der Waals surface area contributed by atoms with E-state index in [2.05, 4.69) is 25.1 Å². The Balaban J connectivity index is 1.96. The third kappa shape index (κ3) is 3.33. The fraction of sp³-hybridized carbons (Fsp3) is 0.500. The molecule has 0 aliphatic carbocycles. The van der Waals surface area contributed by atoms with Crippen molar-refractivity contribution < 1.29 is 4.74 Å². The number of hydrogen-bond acceptors (Lipinski definition) is 4. The van der Waals surface area contributed by atoms with Gasteiger partial charge in [-0.1, -0.05) is 0 Å². The number of aryl methyl sites for hydroxylation is 1. The van der Waals surface area contributed by atoms with Gasteiger partial charge in [0.2, 0.25) is 5.95 Å². The number of rotatable bonds is 7. The van der Waals surface area contributed by atoms with Crippen molar-refractivity contribution in [3.05, 3.63) is 29.8 Å². The van der Waals surface area contributed by atoms with Crippen molar-refractivity contribution >= 4 is 5.95 Å². The Kier molecular flexibility index (Phi) is 4.35. The van der Waals surface area contributed by atoms with E-state index in [0.717, 1.165) is 43.3 Å². The van der Waals surface area contributed by atoms with Crippen LogP contribution in [0.2, 0.25) is 0 Å². The van der Waals surface area contributed by atoms with Gasteiger partial charge in [-0.05, 0) is 13.3 Å². The smallest absolute Gasteiger partial charge is 0.203 e. The summed E-state index contributed by atoms with van der Waals surface area (Å²) in [6.45, 7) is 4.38. The fourth-order valence-corrected chi connectivity index (χ4v) is 1.79. The van der Waals surface area contributed by atoms with E-state index in [0.29, 0.717) is 0 Å². The zero-order valence-corrected chi connectivity index (χ0v) is 10.8. The summed E-state index contributed by atoms with van der Waals surface area (Å²) in [5, 5.41) is 10.1. The minimum absolute atomic E-state index is 0.758. The van der Waals surface area contributed by atoms with Gasteiger partial charge < -0.3 is 14.6 Å². The van der Waals surface area contributed by atoms with Crippen LogP contribution in [0.5, 0.6) is 0 Å². The van der Waals surface area contributed by atoms with Crippen LogP contribution in [0.15, 0.2) is 18.6 Å². The quantitative estimate of drug-likeness (QED) is 0.728. The van der Waals surface area contributed by atoms with Crippen molar-refractivity contribution in [1.29, 1.82) is 0 Å². The molecule has 2 aromatic rings. The van der Waals surface area contributed by atoms with E-state index < -0.39 is 0 Å². The molecular weight excluding hydrogens is 230 g/mol. The van der Waals surface area contributed by atoms with Crippen LogP contribution in [0.3, 0.4) is 0 Å². The van der Waals surface area contributed by atoms with E-state index in [1.807, 2.05) is 25.5 Å². The van der Waals surface area contributed by atoms with Crippen LogP contribution in [-0.2, 0) is 11.3 Å². The lowest BCUT2D eigenvalue weighted by Gasteiger charge is -2.08. The summed E-state index contributed by atoms with van der Waals surface area (Å²) in [6, 6.07) is 0. The van der Waals surface area contributed by atoms with Gasteiger partial charge in [-0.3, -0.25) is 5.10 Å². The minimum Gasteiger partial charge on any atom is -0.385 e. The molecule has 0 saturated heterocycles. The average molecular weight is 249 g/mol. The lowest BCUT2D eigenvalue weighted by Crippen LogP contribution is -2.10. The van der Waals surface area contributed by atoms with Crippen molar-refractivity contribution in [1.82, 2.24) is 19.7 Å². The Hall–Kier alpha value is -1.82. The molecule has 18 heavy (non-hydrogen) atoms. The van der Waals surface area contributed by atoms with E-state index in [4.69, 9.17) is 4.74 Å². The third-order valence-corrected chi connectivity index (χ3v) is 2.61. The molecule has 2 N–H and O–H groups in total. The summed E-state index contributed by atoms with van der Waals surface area (Å²) in [7, 11) is 1.71. The van der Waals surface area contributed by atoms with Gasteiger partial charge in [0.1, 0.15) is 0 Å². The summed E-state index contributed by atoms with van der Waals surface area (Å²) in [4.78, 5) is 4.47. The van der Waals surface area contributed by atoms with Gasteiger partial charge in [0, 0.05) is 38.2 Å². The highest BCUT2D eigenvalue weighted by Crippen LogP contribution is 2.11. The van der Waals surface area contributed by atoms with Gasteiger partial charge in [0.15, 0.2) is 0 Å². The normalized spacial score (nSPS) is 10.8. The number of hydrogen-bond donors (Lipinski definition) is 2. The average Bonchev–Trinajstić information content (AvgIpc) is 2.96. The minimum atomic E-state index is 0.758. The van der Waals surface area contributed by atoms with Gasteiger partial charge in [-0.15, -0.1) is 0 Å². The number of anilines is 1. The maximum Gasteiger partial charge on any atom is 0.203 e. The largest absolute Gasteiger partial charge is 0.385 e. The molecular formula is C12H19N5O. The van der Waals surface area contributed by atoms with Crippen LogP contribution in [0.1, 0.15) is 17.7 Å². The van der Waals surface area contributed by atoms with Crippen LogP contribution < -0.4 is 5.32 Å². The Morgan fingerprint density at radius 2 is 2.39 bits per heavy atom. The first kappa shape index (κ1) is 12.6. The predicted octanol–water partition coefficient (Wildman–Crippen LogP) is 1.41. The van der Waals surface area contributed by atoms with Crippen LogP contribution in [0.4, 0.5) is 5.95 Å². The van der Waals surface area contributed by atoms with Gasteiger partial charge in [0.05, 0.1) is 18.4 Å². The first-order valence-corrected chi connectivity index (χ1v) is 6.04. The van der Waals surface area contributed by atoms with Crippen molar-refractivity contribution in [2.24, 2.45) is 0 Å². The maximum absolute atomic E-state index is 5.02. The molecule has 0 unspecified atom stereocenters. The van der Waals surface area contributed by atoms with Crippen LogP contribution >= 0.6 is 0 Å². The van der Waals surface area contributed by atoms with Gasteiger partial charge in [-0.25, -0.2) is 4.98 Å². The topological polar surface area (TPSA) is 67.8 Å². The second-order valence-corrected chi connectivity index (χ2v) is 4.21. The molecule has 0 amide bonds. The van der Waals surface area contributed by atoms with Crippen LogP contribution in [-0.4, -0.2) is 40.0 Å². The van der Waals surface area contributed by atoms with Gasteiger partial charge in [-0.2, -0.15) is 5.10 Å². The first-order valence-electron chi connectivity index (χ1n) is 6.04. The molecule has 0 spiro atoms. The van der Waals surface area contributed by atoms with Crippen molar-refractivity contribution in [3.8, 4) is 0 Å². The number of methoxy groups -OCH3 is 1. The van der Waals surface area contributed by atoms with E-state index in [9.17, 15) is 0 Å². The number of imidazole rings is 1. The number of aromatic amines is 1. The van der Waals surface area contributed by atoms with Crippen molar-refractivity contribution in [2.75, 3.05) is 25.6 Å². The maximum atomic E-state index is 5.02. The second kappa shape index (κ2) is 6.20. The monoisotopic (exact) mass is 249 g/mol. The van der Waals surface area contributed by atoms with E-state index in [1.165, 1.54) is 0 Å². The molecule has 6 nitrogen and oxygen atoms in total. The second-order valence-electron chi connectivity index (χ2n) is 4.21. The molecule has 0 bridgehead atoms. The third-order valence-electron chi connectivity index (χ3n) is 2.61. The predicted molar refractivity (Wildman–Crippen MR) is 69.6 cm³/mol. The Morgan fingerprint density at radius 1 is 1.50 bits per heavy atom. The number of aromatic nitrogens is 4. The molecule has 0 aromatic carbocycles. The molecule has 0 radical (unpaired) electrons. The summed E-state index contributed by atoms with van der Waals surface area (Å²) < 4.78 is 7.11. The standard InChI is InChI=1S/C12H19N5O/c1-10-8-17(9-11-6-14-15-7-11)12(16-10)13-4-3-5-18-2/h6-8H,3-5,9H2,1-2H3,(H,13,16)(H,14,15). The molecule has 0 aliphatic heterocycles. The SMILES string of the molecule is COCCCNc1nc(C)cn1Cc1cn[nH]c1. The Bertz CT molecular complexity index is 463. The summed E-state index contributed by atoms with van der Waals surface area (Å²) in [6.07, 6.45) is 6.72. The molecule has 2 heterocycles. The number of ether oxygens (including phenoxy) is 1. The van der Waals surface area contributed by atoms with Crippen LogP contribution in [0.25, 0.3) is 0 Å². The lowest BCUT2D eigenvalue weighted by atomic mass is 10.3. The van der Waals surface area contributed by atoms with Crippen molar-refractivity contribution in [3.63, 3.8) is 0 Å². The summed E-state index contributed by atoms with van der Waals surface area (Å²) in [5.41, 5.74) is 2.14. The molecule has 0 fully saturated rings. The number of nitrogens with one attached hydrogen (secondary N) is 2. The van der Waals surface area contributed by atoms with E-state index in [-0.39, 0.29) is 0 Å². The summed E-state index contributed by atoms with van der Waals surface area (Å²) >= 11 is 0. The van der Waals surface area contributed by atoms with Gasteiger partial charge in [0.25, 0.3) is 0 Å².